The van der Waals surface area contributed by atoms with Crippen LogP contribution in [0.1, 0.15) is 43.8 Å². The van der Waals surface area contributed by atoms with E-state index < -0.39 is 21.8 Å². The molecule has 3 rings (SSSR count). The van der Waals surface area contributed by atoms with Gasteiger partial charge >= 0.3 is 0 Å². The van der Waals surface area contributed by atoms with Gasteiger partial charge in [0.25, 0.3) is 15.9 Å². The largest absolute Gasteiger partial charge is 0.366 e. The minimum absolute atomic E-state index is 0.122. The Morgan fingerprint density at radius 3 is 2.43 bits per heavy atom. The monoisotopic (exact) mass is 351 g/mol. The molecule has 0 saturated heterocycles. The molecule has 23 heavy (non-hydrogen) atoms. The van der Waals surface area contributed by atoms with Crippen molar-refractivity contribution in [1.29, 1.82) is 0 Å². The van der Waals surface area contributed by atoms with Gasteiger partial charge in [0.2, 0.25) is 5.91 Å². The van der Waals surface area contributed by atoms with Gasteiger partial charge in [0.05, 0.1) is 16.1 Å². The molecule has 0 radical (unpaired) electrons. The number of primary amides is 1. The van der Waals surface area contributed by atoms with E-state index in [1.807, 2.05) is 4.72 Å². The second-order valence-corrected chi connectivity index (χ2v) is 7.90. The fraction of sp³-hybridized carbons (Fsp3) is 0.214. The second-order valence-electron chi connectivity index (χ2n) is 5.16. The van der Waals surface area contributed by atoms with E-state index in [1.54, 1.807) is 0 Å². The summed E-state index contributed by atoms with van der Waals surface area (Å²) in [6.45, 7) is 0. The molecular weight excluding hydrogens is 338 g/mol. The third-order valence-electron chi connectivity index (χ3n) is 3.35. The highest BCUT2D eigenvalue weighted by Crippen LogP contribution is 2.41. The van der Waals surface area contributed by atoms with Gasteiger partial charge in [-0.3, -0.25) is 9.59 Å². The Hall–Kier alpha value is -2.26. The first-order valence-corrected chi connectivity index (χ1v) is 9.09. The van der Waals surface area contributed by atoms with Crippen molar-refractivity contribution in [2.24, 2.45) is 5.73 Å². The van der Waals surface area contributed by atoms with Crippen LogP contribution in [0.25, 0.3) is 0 Å². The number of hydrogen-bond acceptors (Lipinski definition) is 6. The van der Waals surface area contributed by atoms with Crippen LogP contribution in [0.2, 0.25) is 0 Å². The minimum Gasteiger partial charge on any atom is -0.366 e. The lowest BCUT2D eigenvalue weighted by molar-refractivity contribution is 0.0980. The summed E-state index contributed by atoms with van der Waals surface area (Å²) in [6.07, 6.45) is 3.50. The maximum Gasteiger partial charge on any atom is 0.276 e. The summed E-state index contributed by atoms with van der Waals surface area (Å²) in [6, 6.07) is 5.02. The first-order chi connectivity index (χ1) is 10.9. The molecule has 0 aliphatic heterocycles. The number of nitrogens with two attached hydrogens (primary N) is 1. The van der Waals surface area contributed by atoms with Crippen LogP contribution in [-0.4, -0.2) is 25.2 Å². The Morgan fingerprint density at radius 2 is 1.87 bits per heavy atom. The molecule has 0 bridgehead atoms. The Labute approximate surface area is 136 Å². The molecule has 1 aliphatic carbocycles. The Balaban J connectivity index is 1.76. The first kappa shape index (κ1) is 15.6. The molecule has 2 amide bonds. The molecule has 0 unspecified atom stereocenters. The van der Waals surface area contributed by atoms with Gasteiger partial charge in [0.15, 0.2) is 0 Å². The summed E-state index contributed by atoms with van der Waals surface area (Å²) in [5.41, 5.74) is 5.28. The number of carbonyl (C=O) groups is 2. The molecule has 2 aromatic rings. The first-order valence-electron chi connectivity index (χ1n) is 6.79. The third-order valence-corrected chi connectivity index (χ3v) is 5.86. The number of amides is 2. The van der Waals surface area contributed by atoms with Gasteiger partial charge in [0.1, 0.15) is 4.88 Å². The van der Waals surface area contributed by atoms with Gasteiger partial charge in [-0.2, -0.15) is 0 Å². The molecule has 0 spiro atoms. The van der Waals surface area contributed by atoms with Crippen molar-refractivity contribution in [1.82, 2.24) is 9.71 Å². The van der Waals surface area contributed by atoms with Gasteiger partial charge in [0, 0.05) is 11.5 Å². The number of sulfonamides is 1. The highest BCUT2D eigenvalue weighted by Gasteiger charge is 2.28. The number of benzene rings is 1. The molecule has 1 aromatic heterocycles. The van der Waals surface area contributed by atoms with Crippen LogP contribution in [0.4, 0.5) is 0 Å². The van der Waals surface area contributed by atoms with Gasteiger partial charge in [-0.15, -0.1) is 11.3 Å². The molecule has 1 saturated carbocycles. The molecule has 1 aliphatic rings. The summed E-state index contributed by atoms with van der Waals surface area (Å²) < 4.78 is 26.4. The van der Waals surface area contributed by atoms with Crippen LogP contribution in [0.15, 0.2) is 35.4 Å². The topological polar surface area (TPSA) is 119 Å². The van der Waals surface area contributed by atoms with E-state index in [-0.39, 0.29) is 15.3 Å². The smallest absolute Gasteiger partial charge is 0.276 e. The number of nitrogens with zero attached hydrogens (tertiary/aromatic N) is 1. The van der Waals surface area contributed by atoms with E-state index in [2.05, 4.69) is 4.98 Å². The summed E-state index contributed by atoms with van der Waals surface area (Å²) in [5.74, 6) is -0.969. The summed E-state index contributed by atoms with van der Waals surface area (Å²) in [5, 5.41) is 0.860. The highest BCUT2D eigenvalue weighted by atomic mass is 32.2. The highest BCUT2D eigenvalue weighted by molar-refractivity contribution is 7.90. The zero-order chi connectivity index (χ0) is 16.6. The van der Waals surface area contributed by atoms with Crippen molar-refractivity contribution in [3.05, 3.63) is 45.9 Å². The molecular formula is C14H13N3O4S2. The molecule has 0 atom stereocenters. The Kier molecular flexibility index (Phi) is 3.90. The van der Waals surface area contributed by atoms with Crippen molar-refractivity contribution in [2.75, 3.05) is 0 Å². The van der Waals surface area contributed by atoms with Gasteiger partial charge < -0.3 is 5.73 Å². The predicted molar refractivity (Wildman–Crippen MR) is 83.7 cm³/mol. The van der Waals surface area contributed by atoms with Crippen LogP contribution < -0.4 is 10.5 Å². The van der Waals surface area contributed by atoms with E-state index in [0.29, 0.717) is 5.92 Å². The van der Waals surface area contributed by atoms with Crippen LogP contribution in [0.5, 0.6) is 0 Å². The number of nitrogens with one attached hydrogen (secondary N) is 1. The minimum atomic E-state index is -4.02. The molecule has 3 N–H and O–H groups in total. The quantitative estimate of drug-likeness (QED) is 0.840. The lowest BCUT2D eigenvalue weighted by Crippen LogP contribution is -2.30. The van der Waals surface area contributed by atoms with Crippen LogP contribution >= 0.6 is 11.3 Å². The number of aromatic nitrogens is 1. The fourth-order valence-corrected chi connectivity index (χ4v) is 3.95. The molecule has 1 heterocycles. The van der Waals surface area contributed by atoms with E-state index in [1.165, 1.54) is 41.8 Å². The van der Waals surface area contributed by atoms with Crippen molar-refractivity contribution in [3.8, 4) is 0 Å². The standard InChI is InChI=1S/C14H13N3O4S2/c15-12(18)8-3-5-10(6-4-8)23(20,21)17-13(19)11-7-16-14(22-11)9-1-2-9/h3-7,9H,1-2H2,(H2,15,18)(H,17,19). The number of carbonyl (C=O) groups excluding carboxylic acids is 2. The number of rotatable bonds is 5. The average Bonchev–Trinajstić information content (AvgIpc) is 3.24. The Morgan fingerprint density at radius 1 is 1.22 bits per heavy atom. The van der Waals surface area contributed by atoms with Gasteiger partial charge in [-0.1, -0.05) is 0 Å². The molecule has 1 aromatic carbocycles. The zero-order valence-corrected chi connectivity index (χ0v) is 13.5. The second kappa shape index (κ2) is 5.74. The van der Waals surface area contributed by atoms with Crippen LogP contribution in [0, 0.1) is 0 Å². The van der Waals surface area contributed by atoms with E-state index in [0.717, 1.165) is 17.8 Å². The normalized spacial score (nSPS) is 14.4. The van der Waals surface area contributed by atoms with Crippen molar-refractivity contribution < 1.29 is 18.0 Å². The lowest BCUT2D eigenvalue weighted by Gasteiger charge is -2.06. The SMILES string of the molecule is NC(=O)c1ccc(S(=O)(=O)NC(=O)c2cnc(C3CC3)s2)cc1. The Bertz CT molecular complexity index is 868. The summed E-state index contributed by atoms with van der Waals surface area (Å²) >= 11 is 1.21. The van der Waals surface area contributed by atoms with E-state index in [4.69, 9.17) is 5.73 Å². The number of thiazole rings is 1. The van der Waals surface area contributed by atoms with Crippen LogP contribution in [-0.2, 0) is 10.0 Å². The maximum atomic E-state index is 12.2. The fourth-order valence-electron chi connectivity index (χ4n) is 1.94. The molecule has 7 nitrogen and oxygen atoms in total. The maximum absolute atomic E-state index is 12.2. The van der Waals surface area contributed by atoms with Gasteiger partial charge in [-0.05, 0) is 37.1 Å². The van der Waals surface area contributed by atoms with Crippen molar-refractivity contribution >= 4 is 33.2 Å². The zero-order valence-electron chi connectivity index (χ0n) is 11.9. The van der Waals surface area contributed by atoms with E-state index >= 15 is 0 Å². The van der Waals surface area contributed by atoms with Crippen LogP contribution in [0.3, 0.4) is 0 Å². The van der Waals surface area contributed by atoms with Crippen molar-refractivity contribution in [2.45, 2.75) is 23.7 Å². The molecule has 9 heteroatoms. The lowest BCUT2D eigenvalue weighted by atomic mass is 10.2. The number of hydrogen-bond donors (Lipinski definition) is 2. The van der Waals surface area contributed by atoms with Crippen molar-refractivity contribution in [3.63, 3.8) is 0 Å². The molecule has 1 fully saturated rings. The average molecular weight is 351 g/mol. The molecule has 120 valence electrons. The van der Waals surface area contributed by atoms with E-state index in [9.17, 15) is 18.0 Å². The predicted octanol–water partition coefficient (Wildman–Crippen LogP) is 1.24. The third kappa shape index (κ3) is 3.40. The summed E-state index contributed by atoms with van der Waals surface area (Å²) in [4.78, 5) is 27.3. The summed E-state index contributed by atoms with van der Waals surface area (Å²) in [7, 11) is -4.02. The van der Waals surface area contributed by atoms with Gasteiger partial charge in [-0.25, -0.2) is 18.1 Å².